The van der Waals surface area contributed by atoms with E-state index in [4.69, 9.17) is 14.8 Å². The van der Waals surface area contributed by atoms with Gasteiger partial charge in [0.2, 0.25) is 11.0 Å². The number of benzene rings is 1. The van der Waals surface area contributed by atoms with Crippen molar-refractivity contribution in [3.63, 3.8) is 0 Å². The lowest BCUT2D eigenvalue weighted by molar-refractivity contribution is -0.116. The number of nitrogens with zero attached hydrogens (tertiary/aromatic N) is 4. The second-order valence-corrected chi connectivity index (χ2v) is 7.68. The molecule has 1 N–H and O–H groups in total. The predicted octanol–water partition coefficient (Wildman–Crippen LogP) is 3.67. The Balaban J connectivity index is 1.66. The Morgan fingerprint density at radius 2 is 2.07 bits per heavy atom. The zero-order valence-corrected chi connectivity index (χ0v) is 16.2. The number of rotatable bonds is 3. The highest BCUT2D eigenvalue weighted by Crippen LogP contribution is 2.41. The predicted molar refractivity (Wildman–Crippen MR) is 107 cm³/mol. The van der Waals surface area contributed by atoms with Gasteiger partial charge in [-0.25, -0.2) is 4.98 Å². The van der Waals surface area contributed by atoms with Crippen LogP contribution < -0.4 is 10.1 Å². The number of fused-ring (bicyclic) bond motifs is 2. The van der Waals surface area contributed by atoms with Crippen molar-refractivity contribution in [1.29, 1.82) is 0 Å². The number of nitrogens with one attached hydrogen (secondary N) is 1. The molecule has 28 heavy (non-hydrogen) atoms. The summed E-state index contributed by atoms with van der Waals surface area (Å²) in [6.07, 6.45) is 3.89. The fourth-order valence-corrected chi connectivity index (χ4v) is 4.63. The van der Waals surface area contributed by atoms with Crippen LogP contribution in [0, 0.1) is 6.92 Å². The summed E-state index contributed by atoms with van der Waals surface area (Å²) in [6, 6.07) is 9.67. The molecule has 4 heterocycles. The lowest BCUT2D eigenvalue weighted by Gasteiger charge is -2.23. The van der Waals surface area contributed by atoms with Crippen molar-refractivity contribution in [2.45, 2.75) is 19.3 Å². The van der Waals surface area contributed by atoms with Crippen LogP contribution in [0.1, 0.15) is 29.2 Å². The smallest absolute Gasteiger partial charge is 0.226 e. The molecule has 3 aromatic heterocycles. The van der Waals surface area contributed by atoms with Gasteiger partial charge in [0.25, 0.3) is 0 Å². The Labute approximate surface area is 165 Å². The number of carbonyl (C=O) groups excluding carboxylic acids is 1. The van der Waals surface area contributed by atoms with Crippen LogP contribution in [0.4, 0.5) is 5.82 Å². The number of ether oxygens (including phenoxy) is 1. The SMILES string of the molecule is COc1ccc2nc(-n3nc(C)c4c3NC(=O)CC4c3ccncc3)sc2c1. The summed E-state index contributed by atoms with van der Waals surface area (Å²) in [4.78, 5) is 21.3. The van der Waals surface area contributed by atoms with Crippen molar-refractivity contribution in [3.05, 3.63) is 59.5 Å². The van der Waals surface area contributed by atoms with Crippen LogP contribution in [0.2, 0.25) is 0 Å². The van der Waals surface area contributed by atoms with Crippen molar-refractivity contribution in [2.24, 2.45) is 0 Å². The molecule has 1 aliphatic heterocycles. The van der Waals surface area contributed by atoms with E-state index in [0.717, 1.165) is 32.8 Å². The Bertz CT molecular complexity index is 1200. The number of thiazole rings is 1. The van der Waals surface area contributed by atoms with Crippen LogP contribution >= 0.6 is 11.3 Å². The first-order valence-corrected chi connectivity index (χ1v) is 9.70. The fraction of sp³-hybridized carbons (Fsp3) is 0.200. The lowest BCUT2D eigenvalue weighted by Crippen LogP contribution is -2.24. The molecule has 1 unspecified atom stereocenters. The molecule has 140 valence electrons. The van der Waals surface area contributed by atoms with E-state index in [9.17, 15) is 4.79 Å². The van der Waals surface area contributed by atoms with Crippen LogP contribution in [-0.2, 0) is 4.79 Å². The van der Waals surface area contributed by atoms with Gasteiger partial charge in [0.05, 0.1) is 23.0 Å². The molecule has 1 atom stereocenters. The summed E-state index contributed by atoms with van der Waals surface area (Å²) in [6.45, 7) is 1.97. The van der Waals surface area contributed by atoms with E-state index in [-0.39, 0.29) is 11.8 Å². The van der Waals surface area contributed by atoms with Gasteiger partial charge >= 0.3 is 0 Å². The van der Waals surface area contributed by atoms with Gasteiger partial charge < -0.3 is 10.1 Å². The molecule has 0 radical (unpaired) electrons. The van der Waals surface area contributed by atoms with Crippen molar-refractivity contribution in [2.75, 3.05) is 12.4 Å². The molecule has 0 bridgehead atoms. The van der Waals surface area contributed by atoms with Gasteiger partial charge in [0.15, 0.2) is 0 Å². The molecule has 8 heteroatoms. The maximum absolute atomic E-state index is 12.5. The minimum absolute atomic E-state index is 0.0294. The molecule has 0 saturated carbocycles. The molecular formula is C20H17N5O2S. The second kappa shape index (κ2) is 6.42. The molecule has 1 aromatic carbocycles. The summed E-state index contributed by atoms with van der Waals surface area (Å²) in [7, 11) is 1.64. The monoisotopic (exact) mass is 391 g/mol. The first-order chi connectivity index (χ1) is 13.6. The summed E-state index contributed by atoms with van der Waals surface area (Å²) in [5.74, 6) is 1.40. The molecule has 0 fully saturated rings. The molecular weight excluding hydrogens is 374 g/mol. The average Bonchev–Trinajstić information content (AvgIpc) is 3.28. The largest absolute Gasteiger partial charge is 0.497 e. The van der Waals surface area contributed by atoms with Crippen molar-refractivity contribution >= 4 is 33.3 Å². The summed E-state index contributed by atoms with van der Waals surface area (Å²) >= 11 is 1.51. The normalized spacial score (nSPS) is 16.1. The average molecular weight is 391 g/mol. The van der Waals surface area contributed by atoms with Crippen LogP contribution in [-0.4, -0.2) is 32.8 Å². The topological polar surface area (TPSA) is 81.9 Å². The fourth-order valence-electron chi connectivity index (χ4n) is 3.68. The van der Waals surface area contributed by atoms with Gasteiger partial charge in [-0.1, -0.05) is 11.3 Å². The van der Waals surface area contributed by atoms with Crippen molar-refractivity contribution in [1.82, 2.24) is 19.7 Å². The number of anilines is 1. The zero-order chi connectivity index (χ0) is 19.3. The highest BCUT2D eigenvalue weighted by atomic mass is 32.1. The number of hydrogen-bond acceptors (Lipinski definition) is 6. The number of pyridine rings is 1. The van der Waals surface area contributed by atoms with E-state index in [1.807, 2.05) is 37.3 Å². The highest BCUT2D eigenvalue weighted by molar-refractivity contribution is 7.20. The van der Waals surface area contributed by atoms with Gasteiger partial charge in [0.1, 0.15) is 11.6 Å². The summed E-state index contributed by atoms with van der Waals surface area (Å²) in [5, 5.41) is 8.43. The molecule has 5 rings (SSSR count). The Kier molecular flexibility index (Phi) is 3.87. The maximum Gasteiger partial charge on any atom is 0.226 e. The number of aromatic nitrogens is 4. The molecule has 4 aromatic rings. The third-order valence-electron chi connectivity index (χ3n) is 4.98. The molecule has 1 amide bonds. The molecule has 0 aliphatic carbocycles. The number of aryl methyl sites for hydroxylation is 1. The summed E-state index contributed by atoms with van der Waals surface area (Å²) < 4.78 is 8.05. The number of methoxy groups -OCH3 is 1. The second-order valence-electron chi connectivity index (χ2n) is 6.68. The molecule has 1 aliphatic rings. The van der Waals surface area contributed by atoms with E-state index in [1.165, 1.54) is 11.3 Å². The minimum Gasteiger partial charge on any atom is -0.497 e. The van der Waals surface area contributed by atoms with Crippen LogP contribution in [0.5, 0.6) is 5.75 Å². The Hall–Kier alpha value is -3.26. The van der Waals surface area contributed by atoms with E-state index >= 15 is 0 Å². The first kappa shape index (κ1) is 16.9. The highest BCUT2D eigenvalue weighted by Gasteiger charge is 2.33. The van der Waals surface area contributed by atoms with Gasteiger partial charge in [-0.15, -0.1) is 0 Å². The van der Waals surface area contributed by atoms with Gasteiger partial charge in [0, 0.05) is 30.3 Å². The zero-order valence-electron chi connectivity index (χ0n) is 15.3. The van der Waals surface area contributed by atoms with Gasteiger partial charge in [-0.3, -0.25) is 9.78 Å². The molecule has 0 saturated heterocycles. The number of amides is 1. The van der Waals surface area contributed by atoms with Crippen molar-refractivity contribution in [3.8, 4) is 10.9 Å². The first-order valence-electron chi connectivity index (χ1n) is 8.88. The van der Waals surface area contributed by atoms with E-state index < -0.39 is 0 Å². The number of hydrogen-bond donors (Lipinski definition) is 1. The van der Waals surface area contributed by atoms with Crippen LogP contribution in [0.3, 0.4) is 0 Å². The third-order valence-corrected chi connectivity index (χ3v) is 5.97. The molecule has 7 nitrogen and oxygen atoms in total. The van der Waals surface area contributed by atoms with E-state index in [2.05, 4.69) is 10.3 Å². The quantitative estimate of drug-likeness (QED) is 0.576. The van der Waals surface area contributed by atoms with Gasteiger partial charge in [-0.2, -0.15) is 9.78 Å². The minimum atomic E-state index is -0.0463. The van der Waals surface area contributed by atoms with Crippen LogP contribution in [0.25, 0.3) is 15.3 Å². The third kappa shape index (κ3) is 2.65. The van der Waals surface area contributed by atoms with E-state index in [0.29, 0.717) is 17.4 Å². The van der Waals surface area contributed by atoms with Crippen LogP contribution in [0.15, 0.2) is 42.7 Å². The number of carbonyl (C=O) groups is 1. The lowest BCUT2D eigenvalue weighted by atomic mass is 9.86. The molecule has 0 spiro atoms. The Morgan fingerprint density at radius 3 is 2.86 bits per heavy atom. The van der Waals surface area contributed by atoms with Gasteiger partial charge in [-0.05, 0) is 42.8 Å². The van der Waals surface area contributed by atoms with Crippen molar-refractivity contribution < 1.29 is 9.53 Å². The standard InChI is InChI=1S/C20H17N5O2S/c1-11-18-14(12-5-7-21-8-6-12)10-17(26)23-19(18)25(24-11)20-22-15-4-3-13(27-2)9-16(15)28-20/h3-9,14H,10H2,1-2H3,(H,23,26). The summed E-state index contributed by atoms with van der Waals surface area (Å²) in [5.41, 5.74) is 3.84. The van der Waals surface area contributed by atoms with E-state index in [1.54, 1.807) is 24.2 Å². The Morgan fingerprint density at radius 1 is 1.25 bits per heavy atom. The maximum atomic E-state index is 12.5.